The highest BCUT2D eigenvalue weighted by Crippen LogP contribution is 2.18. The number of carbonyl (C=O) groups excluding carboxylic acids is 2. The fourth-order valence-electron chi connectivity index (χ4n) is 3.21. The normalized spacial score (nSPS) is 22.7. The predicted molar refractivity (Wildman–Crippen MR) is 98.2 cm³/mol. The summed E-state index contributed by atoms with van der Waals surface area (Å²) in [7, 11) is -2.74. The Bertz CT molecular complexity index is 752. The van der Waals surface area contributed by atoms with Gasteiger partial charge < -0.3 is 19.3 Å². The van der Waals surface area contributed by atoms with Gasteiger partial charge in [-0.2, -0.15) is 0 Å². The zero-order chi connectivity index (χ0) is 19.4. The molecule has 2 fully saturated rings. The Labute approximate surface area is 159 Å². The molecule has 148 valence electrons. The van der Waals surface area contributed by atoms with Gasteiger partial charge in [0.15, 0.2) is 0 Å². The van der Waals surface area contributed by atoms with Crippen molar-refractivity contribution in [3.8, 4) is 0 Å². The molecule has 2 heterocycles. The van der Waals surface area contributed by atoms with Gasteiger partial charge in [0, 0.05) is 43.3 Å². The quantitative estimate of drug-likeness (QED) is 0.725. The number of hydrogen-bond donors (Lipinski definition) is 2. The van der Waals surface area contributed by atoms with E-state index < -0.39 is 10.9 Å². The average Bonchev–Trinajstić information content (AvgIpc) is 3.14. The van der Waals surface area contributed by atoms with Crippen molar-refractivity contribution in [2.24, 2.45) is 0 Å². The summed E-state index contributed by atoms with van der Waals surface area (Å²) in [5.74, 6) is -0.155. The SMILES string of the molecule is C[C@@H]1CN(C(=O)O[C@H]2CCOC2)CCN1C(=O)c1ccc(N[SH](=O)=O)cc1. The molecule has 2 aliphatic heterocycles. The van der Waals surface area contributed by atoms with Crippen LogP contribution in [0.2, 0.25) is 0 Å². The van der Waals surface area contributed by atoms with Gasteiger partial charge in [-0.05, 0) is 31.2 Å². The Morgan fingerprint density at radius 3 is 2.56 bits per heavy atom. The number of anilines is 1. The summed E-state index contributed by atoms with van der Waals surface area (Å²) in [6.07, 6.45) is 0.154. The second-order valence-corrected chi connectivity index (χ2v) is 7.35. The summed E-state index contributed by atoms with van der Waals surface area (Å²) in [6, 6.07) is 6.08. The highest BCUT2D eigenvalue weighted by molar-refractivity contribution is 7.73. The third kappa shape index (κ3) is 4.89. The van der Waals surface area contributed by atoms with E-state index in [0.717, 1.165) is 0 Å². The van der Waals surface area contributed by atoms with Crippen LogP contribution in [0.4, 0.5) is 10.5 Å². The second-order valence-electron chi connectivity index (χ2n) is 6.61. The Hall–Kier alpha value is -2.33. The molecule has 1 N–H and O–H groups in total. The molecule has 0 saturated carbocycles. The van der Waals surface area contributed by atoms with Crippen molar-refractivity contribution in [3.05, 3.63) is 29.8 Å². The van der Waals surface area contributed by atoms with E-state index in [1.807, 2.05) is 6.92 Å². The van der Waals surface area contributed by atoms with Crippen molar-refractivity contribution in [1.29, 1.82) is 0 Å². The first-order chi connectivity index (χ1) is 12.9. The second kappa shape index (κ2) is 8.57. The van der Waals surface area contributed by atoms with Crippen LogP contribution < -0.4 is 4.72 Å². The number of ether oxygens (including phenoxy) is 2. The molecule has 0 spiro atoms. The molecule has 10 heteroatoms. The fraction of sp³-hybridized carbons (Fsp3) is 0.529. The van der Waals surface area contributed by atoms with Crippen LogP contribution in [-0.4, -0.2) is 75.2 Å². The number of piperazine rings is 1. The molecule has 3 rings (SSSR count). The predicted octanol–water partition coefficient (Wildman–Crippen LogP) is 0.697. The number of nitrogens with one attached hydrogen (secondary N) is 1. The number of carbonyl (C=O) groups is 2. The van der Waals surface area contributed by atoms with Gasteiger partial charge in [-0.3, -0.25) is 9.52 Å². The Balaban J connectivity index is 1.57. The lowest BCUT2D eigenvalue weighted by Gasteiger charge is -2.39. The summed E-state index contributed by atoms with van der Waals surface area (Å²) in [5, 5.41) is 0. The number of hydrogen-bond acceptors (Lipinski definition) is 6. The van der Waals surface area contributed by atoms with Gasteiger partial charge >= 0.3 is 6.09 Å². The highest BCUT2D eigenvalue weighted by Gasteiger charge is 2.32. The first-order valence-corrected chi connectivity index (χ1v) is 9.97. The van der Waals surface area contributed by atoms with E-state index in [2.05, 4.69) is 4.72 Å². The lowest BCUT2D eigenvalue weighted by atomic mass is 10.1. The Morgan fingerprint density at radius 2 is 1.96 bits per heavy atom. The molecular formula is C17H23N3O6S. The molecule has 2 saturated heterocycles. The van der Waals surface area contributed by atoms with Crippen LogP contribution in [0.5, 0.6) is 0 Å². The number of rotatable bonds is 4. The van der Waals surface area contributed by atoms with Crippen LogP contribution in [0.25, 0.3) is 0 Å². The molecule has 0 aromatic heterocycles. The summed E-state index contributed by atoms with van der Waals surface area (Å²) in [4.78, 5) is 28.3. The van der Waals surface area contributed by atoms with Crippen molar-refractivity contribution in [1.82, 2.24) is 9.80 Å². The van der Waals surface area contributed by atoms with E-state index in [0.29, 0.717) is 50.5 Å². The molecule has 2 aliphatic rings. The van der Waals surface area contributed by atoms with E-state index in [9.17, 15) is 18.0 Å². The highest BCUT2D eigenvalue weighted by atomic mass is 32.2. The van der Waals surface area contributed by atoms with Crippen LogP contribution in [0.15, 0.2) is 24.3 Å². The molecule has 1 aromatic carbocycles. The maximum Gasteiger partial charge on any atom is 0.410 e. The summed E-state index contributed by atoms with van der Waals surface area (Å²) in [5.41, 5.74) is 0.867. The lowest BCUT2D eigenvalue weighted by molar-refractivity contribution is 0.0258. The minimum Gasteiger partial charge on any atom is -0.444 e. The topological polar surface area (TPSA) is 105 Å². The maximum absolute atomic E-state index is 12.7. The average molecular weight is 397 g/mol. The van der Waals surface area contributed by atoms with Crippen LogP contribution in [-0.2, 0) is 20.4 Å². The smallest absolute Gasteiger partial charge is 0.410 e. The fourth-order valence-corrected chi connectivity index (χ4v) is 3.57. The first-order valence-electron chi connectivity index (χ1n) is 8.79. The third-order valence-corrected chi connectivity index (χ3v) is 5.09. The minimum atomic E-state index is -2.74. The van der Waals surface area contributed by atoms with Crippen molar-refractivity contribution in [2.45, 2.75) is 25.5 Å². The number of benzene rings is 1. The van der Waals surface area contributed by atoms with Crippen LogP contribution in [0.1, 0.15) is 23.7 Å². The standard InChI is InChI=1S/C17H23N3O6S/c1-12-10-19(17(22)26-15-6-9-25-11-15)7-8-20(12)16(21)13-2-4-14(5-3-13)18-27(23)24/h2-5,12,15,27H,6-11H2,1H3,(H,18,23,24)/t12-,15+/m1/s1. The minimum absolute atomic E-state index is 0.155. The van der Waals surface area contributed by atoms with Crippen LogP contribution in [0.3, 0.4) is 0 Å². The van der Waals surface area contributed by atoms with Gasteiger partial charge in [0.2, 0.25) is 10.9 Å². The molecule has 0 radical (unpaired) electrons. The number of nitrogens with zero attached hydrogens (tertiary/aromatic N) is 2. The molecule has 27 heavy (non-hydrogen) atoms. The van der Waals surface area contributed by atoms with Crippen LogP contribution in [0, 0.1) is 0 Å². The molecule has 0 aliphatic carbocycles. The van der Waals surface area contributed by atoms with Gasteiger partial charge in [0.05, 0.1) is 13.2 Å². The Morgan fingerprint density at radius 1 is 1.22 bits per heavy atom. The van der Waals surface area contributed by atoms with Crippen molar-refractivity contribution in [2.75, 3.05) is 37.6 Å². The van der Waals surface area contributed by atoms with Crippen molar-refractivity contribution in [3.63, 3.8) is 0 Å². The van der Waals surface area contributed by atoms with E-state index in [1.165, 1.54) is 0 Å². The molecular weight excluding hydrogens is 374 g/mol. The summed E-state index contributed by atoms with van der Waals surface area (Å²) >= 11 is 0. The number of amides is 2. The molecule has 2 amide bonds. The zero-order valence-corrected chi connectivity index (χ0v) is 15.9. The summed E-state index contributed by atoms with van der Waals surface area (Å²) in [6.45, 7) is 4.13. The van der Waals surface area contributed by atoms with E-state index in [1.54, 1.807) is 34.1 Å². The summed E-state index contributed by atoms with van der Waals surface area (Å²) < 4.78 is 34.2. The van der Waals surface area contributed by atoms with Crippen LogP contribution >= 0.6 is 0 Å². The van der Waals surface area contributed by atoms with Crippen molar-refractivity contribution >= 4 is 28.6 Å². The van der Waals surface area contributed by atoms with Gasteiger partial charge in [-0.15, -0.1) is 0 Å². The molecule has 1 aromatic rings. The van der Waals surface area contributed by atoms with E-state index >= 15 is 0 Å². The van der Waals surface area contributed by atoms with Gasteiger partial charge in [0.25, 0.3) is 5.91 Å². The molecule has 2 atom stereocenters. The van der Waals surface area contributed by atoms with E-state index in [4.69, 9.17) is 9.47 Å². The monoisotopic (exact) mass is 397 g/mol. The first kappa shape index (κ1) is 19.4. The molecule has 0 bridgehead atoms. The van der Waals surface area contributed by atoms with Gasteiger partial charge in [-0.1, -0.05) is 0 Å². The zero-order valence-electron chi connectivity index (χ0n) is 15.0. The van der Waals surface area contributed by atoms with Gasteiger partial charge in [0.1, 0.15) is 6.10 Å². The number of thiol groups is 1. The third-order valence-electron chi connectivity index (χ3n) is 4.65. The maximum atomic E-state index is 12.7. The Kier molecular flexibility index (Phi) is 6.17. The largest absolute Gasteiger partial charge is 0.444 e. The molecule has 9 nitrogen and oxygen atoms in total. The van der Waals surface area contributed by atoms with Crippen molar-refractivity contribution < 1.29 is 27.5 Å². The van der Waals surface area contributed by atoms with E-state index in [-0.39, 0.29) is 24.1 Å². The van der Waals surface area contributed by atoms with Gasteiger partial charge in [-0.25, -0.2) is 13.2 Å². The molecule has 0 unspecified atom stereocenters. The lowest BCUT2D eigenvalue weighted by Crippen LogP contribution is -2.55.